The Morgan fingerprint density at radius 2 is 1.76 bits per heavy atom. The second kappa shape index (κ2) is 9.44. The van der Waals surface area contributed by atoms with E-state index in [0.29, 0.717) is 43.9 Å². The second-order valence-electron chi connectivity index (χ2n) is 8.02. The van der Waals surface area contributed by atoms with E-state index < -0.39 is 9.84 Å². The first-order chi connectivity index (χ1) is 13.8. The molecule has 156 valence electrons. The van der Waals surface area contributed by atoms with Crippen LogP contribution >= 0.6 is 0 Å². The third kappa shape index (κ3) is 5.82. The third-order valence-electron chi connectivity index (χ3n) is 5.13. The van der Waals surface area contributed by atoms with Gasteiger partial charge in [0.1, 0.15) is 12.4 Å². The molecule has 0 N–H and O–H groups in total. The van der Waals surface area contributed by atoms with Crippen molar-refractivity contribution in [2.24, 2.45) is 5.92 Å². The molecule has 2 aromatic carbocycles. The van der Waals surface area contributed by atoms with Gasteiger partial charge in [0.05, 0.1) is 11.0 Å². The Labute approximate surface area is 173 Å². The minimum Gasteiger partial charge on any atom is -0.489 e. The Kier molecular flexibility index (Phi) is 6.96. The van der Waals surface area contributed by atoms with Gasteiger partial charge >= 0.3 is 0 Å². The normalized spacial score (nSPS) is 15.5. The maximum Gasteiger partial charge on any atom is 0.253 e. The van der Waals surface area contributed by atoms with Gasteiger partial charge in [-0.15, -0.1) is 0 Å². The standard InChI is InChI=1S/C23H29NO4S/c1-18(2)17-29(26,27)22-11-13-24(14-12-22)23(25)20-9-6-10-21(15-20)28-16-19-7-4-3-5-8-19/h3-10,15,18,22H,11-14,16-17H2,1-2H3. The van der Waals surface area contributed by atoms with E-state index in [2.05, 4.69) is 0 Å². The molecule has 1 heterocycles. The summed E-state index contributed by atoms with van der Waals surface area (Å²) in [5.41, 5.74) is 1.63. The van der Waals surface area contributed by atoms with Crippen LogP contribution in [0.4, 0.5) is 0 Å². The number of amides is 1. The maximum atomic E-state index is 12.9. The maximum absolute atomic E-state index is 12.9. The highest BCUT2D eigenvalue weighted by molar-refractivity contribution is 7.92. The summed E-state index contributed by atoms with van der Waals surface area (Å²) in [6, 6.07) is 17.1. The molecule has 5 nitrogen and oxygen atoms in total. The number of carbonyl (C=O) groups is 1. The molecular formula is C23H29NO4S. The van der Waals surface area contributed by atoms with Gasteiger partial charge in [-0.1, -0.05) is 50.2 Å². The molecular weight excluding hydrogens is 386 g/mol. The summed E-state index contributed by atoms with van der Waals surface area (Å²) in [5.74, 6) is 0.911. The average Bonchev–Trinajstić information content (AvgIpc) is 2.72. The summed E-state index contributed by atoms with van der Waals surface area (Å²) in [7, 11) is -3.09. The van der Waals surface area contributed by atoms with Gasteiger partial charge in [0.15, 0.2) is 9.84 Å². The number of rotatable bonds is 7. The van der Waals surface area contributed by atoms with Crippen molar-refractivity contribution in [3.63, 3.8) is 0 Å². The van der Waals surface area contributed by atoms with Crippen LogP contribution in [0.3, 0.4) is 0 Å². The van der Waals surface area contributed by atoms with Crippen LogP contribution in [-0.2, 0) is 16.4 Å². The van der Waals surface area contributed by atoms with E-state index in [-0.39, 0.29) is 22.8 Å². The predicted octanol–water partition coefficient (Wildman–Crippen LogP) is 3.94. The number of piperidine rings is 1. The van der Waals surface area contributed by atoms with Crippen molar-refractivity contribution in [1.82, 2.24) is 4.90 Å². The summed E-state index contributed by atoms with van der Waals surface area (Å²) in [6.07, 6.45) is 1.01. The first-order valence-electron chi connectivity index (χ1n) is 10.1. The first kappa shape index (κ1) is 21.4. The van der Waals surface area contributed by atoms with Crippen LogP contribution in [0.1, 0.15) is 42.6 Å². The molecule has 0 spiro atoms. The number of ether oxygens (including phenoxy) is 1. The van der Waals surface area contributed by atoms with Crippen LogP contribution < -0.4 is 4.74 Å². The monoisotopic (exact) mass is 415 g/mol. The molecule has 6 heteroatoms. The molecule has 1 amide bonds. The fourth-order valence-corrected chi connectivity index (χ4v) is 5.79. The highest BCUT2D eigenvalue weighted by atomic mass is 32.2. The third-order valence-corrected chi connectivity index (χ3v) is 7.75. The Morgan fingerprint density at radius 3 is 2.41 bits per heavy atom. The average molecular weight is 416 g/mol. The van der Waals surface area contributed by atoms with Crippen LogP contribution in [-0.4, -0.2) is 43.3 Å². The van der Waals surface area contributed by atoms with Crippen molar-refractivity contribution in [2.75, 3.05) is 18.8 Å². The predicted molar refractivity (Wildman–Crippen MR) is 115 cm³/mol. The van der Waals surface area contributed by atoms with Gasteiger partial charge in [0.2, 0.25) is 0 Å². The largest absolute Gasteiger partial charge is 0.489 e. The molecule has 1 aliphatic heterocycles. The van der Waals surface area contributed by atoms with Gasteiger partial charge in [-0.2, -0.15) is 0 Å². The van der Waals surface area contributed by atoms with Crippen LogP contribution in [0, 0.1) is 5.92 Å². The van der Waals surface area contributed by atoms with Crippen LogP contribution in [0.15, 0.2) is 54.6 Å². The summed E-state index contributed by atoms with van der Waals surface area (Å²) in [4.78, 5) is 14.6. The van der Waals surface area contributed by atoms with Gasteiger partial charge < -0.3 is 9.64 Å². The Morgan fingerprint density at radius 1 is 1.07 bits per heavy atom. The van der Waals surface area contributed by atoms with Gasteiger partial charge in [0, 0.05) is 18.7 Å². The number of benzene rings is 2. The zero-order chi connectivity index (χ0) is 20.9. The Bertz CT molecular complexity index is 917. The number of hydrogen-bond donors (Lipinski definition) is 0. The topological polar surface area (TPSA) is 63.7 Å². The molecule has 0 aromatic heterocycles. The molecule has 0 saturated carbocycles. The van der Waals surface area contributed by atoms with E-state index >= 15 is 0 Å². The van der Waals surface area contributed by atoms with E-state index in [0.717, 1.165) is 5.56 Å². The van der Waals surface area contributed by atoms with Gasteiger partial charge in [-0.05, 0) is 42.5 Å². The van der Waals surface area contributed by atoms with Crippen LogP contribution in [0.2, 0.25) is 0 Å². The summed E-state index contributed by atoms with van der Waals surface area (Å²) < 4.78 is 30.7. The van der Waals surface area contributed by atoms with Gasteiger partial charge in [0.25, 0.3) is 5.91 Å². The van der Waals surface area contributed by atoms with E-state index in [9.17, 15) is 13.2 Å². The van der Waals surface area contributed by atoms with Gasteiger partial charge in [-0.3, -0.25) is 4.79 Å². The van der Waals surface area contributed by atoms with E-state index in [4.69, 9.17) is 4.74 Å². The molecule has 0 bridgehead atoms. The molecule has 3 rings (SSSR count). The fourth-order valence-electron chi connectivity index (χ4n) is 3.66. The van der Waals surface area contributed by atoms with Crippen molar-refractivity contribution >= 4 is 15.7 Å². The minimum atomic E-state index is -3.09. The van der Waals surface area contributed by atoms with E-state index in [1.54, 1.807) is 17.0 Å². The van der Waals surface area contributed by atoms with Crippen LogP contribution in [0.5, 0.6) is 5.75 Å². The molecule has 0 radical (unpaired) electrons. The number of sulfone groups is 1. The highest BCUT2D eigenvalue weighted by Crippen LogP contribution is 2.23. The number of carbonyl (C=O) groups excluding carboxylic acids is 1. The van der Waals surface area contributed by atoms with Crippen molar-refractivity contribution in [3.05, 3.63) is 65.7 Å². The lowest BCUT2D eigenvalue weighted by atomic mass is 10.1. The van der Waals surface area contributed by atoms with Crippen molar-refractivity contribution in [2.45, 2.75) is 38.5 Å². The minimum absolute atomic E-state index is 0.0742. The Balaban J connectivity index is 1.58. The molecule has 0 aliphatic carbocycles. The molecule has 0 unspecified atom stereocenters. The summed E-state index contributed by atoms with van der Waals surface area (Å²) in [5, 5.41) is -0.338. The lowest BCUT2D eigenvalue weighted by Gasteiger charge is -2.32. The summed E-state index contributed by atoms with van der Waals surface area (Å²) in [6.45, 7) is 5.22. The lowest BCUT2D eigenvalue weighted by molar-refractivity contribution is 0.0725. The molecule has 2 aromatic rings. The number of nitrogens with zero attached hydrogens (tertiary/aromatic N) is 1. The molecule has 29 heavy (non-hydrogen) atoms. The van der Waals surface area contributed by atoms with E-state index in [1.807, 2.05) is 56.3 Å². The lowest BCUT2D eigenvalue weighted by Crippen LogP contribution is -2.43. The van der Waals surface area contributed by atoms with Gasteiger partial charge in [-0.25, -0.2) is 8.42 Å². The number of likely N-dealkylation sites (tertiary alicyclic amines) is 1. The Hall–Kier alpha value is -2.34. The van der Waals surface area contributed by atoms with Crippen LogP contribution in [0.25, 0.3) is 0 Å². The quantitative estimate of drug-likeness (QED) is 0.687. The zero-order valence-electron chi connectivity index (χ0n) is 17.1. The van der Waals surface area contributed by atoms with Crippen molar-refractivity contribution in [3.8, 4) is 5.75 Å². The van der Waals surface area contributed by atoms with Crippen molar-refractivity contribution in [1.29, 1.82) is 0 Å². The highest BCUT2D eigenvalue weighted by Gasteiger charge is 2.32. The molecule has 0 atom stereocenters. The fraction of sp³-hybridized carbons (Fsp3) is 0.435. The molecule has 1 saturated heterocycles. The first-order valence-corrected chi connectivity index (χ1v) is 11.8. The summed E-state index contributed by atoms with van der Waals surface area (Å²) >= 11 is 0. The molecule has 1 aliphatic rings. The van der Waals surface area contributed by atoms with Crippen molar-refractivity contribution < 1.29 is 17.9 Å². The van der Waals surface area contributed by atoms with E-state index in [1.165, 1.54) is 0 Å². The SMILES string of the molecule is CC(C)CS(=O)(=O)C1CCN(C(=O)c2cccc(OCc3ccccc3)c2)CC1. The zero-order valence-corrected chi connectivity index (χ0v) is 17.9. The smallest absolute Gasteiger partial charge is 0.253 e. The number of hydrogen-bond acceptors (Lipinski definition) is 4. The molecule has 1 fully saturated rings. The second-order valence-corrected chi connectivity index (χ2v) is 10.3.